The van der Waals surface area contributed by atoms with Crippen molar-refractivity contribution in [2.75, 3.05) is 0 Å². The molecule has 0 aliphatic rings. The number of halogens is 1. The number of hydrogen-bond donors (Lipinski definition) is 0. The minimum Gasteiger partial charge on any atom is -0.223 e. The van der Waals surface area contributed by atoms with Crippen molar-refractivity contribution >= 4 is 17.2 Å². The fourth-order valence-corrected chi connectivity index (χ4v) is 1.68. The SMILES string of the molecule is Clc1ccc(C#Cc2ccn3nccc3n2)cc1. The standard InChI is InChI=1S/C14H8ClN3/c15-12-4-1-11(2-5-12)3-6-13-8-10-18-14(17-13)7-9-16-18/h1-2,4-5,7-10H. The summed E-state index contributed by atoms with van der Waals surface area (Å²) in [6.45, 7) is 0. The maximum atomic E-state index is 5.81. The Bertz CT molecular complexity index is 748. The fourth-order valence-electron chi connectivity index (χ4n) is 1.55. The number of nitrogens with zero attached hydrogens (tertiary/aromatic N) is 3. The van der Waals surface area contributed by atoms with E-state index in [-0.39, 0.29) is 0 Å². The first-order valence-corrected chi connectivity index (χ1v) is 5.77. The summed E-state index contributed by atoms with van der Waals surface area (Å²) in [5.74, 6) is 6.06. The molecule has 0 saturated heterocycles. The van der Waals surface area contributed by atoms with E-state index in [9.17, 15) is 0 Å². The second-order valence-electron chi connectivity index (χ2n) is 3.70. The maximum Gasteiger partial charge on any atom is 0.156 e. The second kappa shape index (κ2) is 4.52. The zero-order valence-corrected chi connectivity index (χ0v) is 10.1. The molecule has 0 atom stereocenters. The molecule has 0 bridgehead atoms. The van der Waals surface area contributed by atoms with Crippen molar-refractivity contribution in [1.82, 2.24) is 14.6 Å². The van der Waals surface area contributed by atoms with E-state index in [0.717, 1.165) is 16.9 Å². The highest BCUT2D eigenvalue weighted by Gasteiger charge is 1.95. The van der Waals surface area contributed by atoms with Crippen molar-refractivity contribution in [3.63, 3.8) is 0 Å². The third-order valence-corrected chi connectivity index (χ3v) is 2.69. The number of benzene rings is 1. The Kier molecular flexibility index (Phi) is 2.71. The van der Waals surface area contributed by atoms with Gasteiger partial charge in [-0.05, 0) is 36.3 Å². The van der Waals surface area contributed by atoms with Gasteiger partial charge in [-0.3, -0.25) is 0 Å². The van der Waals surface area contributed by atoms with Gasteiger partial charge >= 0.3 is 0 Å². The highest BCUT2D eigenvalue weighted by molar-refractivity contribution is 6.30. The van der Waals surface area contributed by atoms with Gasteiger partial charge < -0.3 is 0 Å². The smallest absolute Gasteiger partial charge is 0.156 e. The van der Waals surface area contributed by atoms with Crippen molar-refractivity contribution in [3.05, 3.63) is 65.1 Å². The summed E-state index contributed by atoms with van der Waals surface area (Å²) in [5, 5.41) is 4.79. The minimum absolute atomic E-state index is 0.708. The highest BCUT2D eigenvalue weighted by atomic mass is 35.5. The van der Waals surface area contributed by atoms with E-state index in [1.54, 1.807) is 10.7 Å². The van der Waals surface area contributed by atoms with Crippen LogP contribution in [0.2, 0.25) is 5.02 Å². The van der Waals surface area contributed by atoms with E-state index in [0.29, 0.717) is 5.02 Å². The Morgan fingerprint density at radius 1 is 1.00 bits per heavy atom. The van der Waals surface area contributed by atoms with Gasteiger partial charge in [-0.15, -0.1) is 0 Å². The fraction of sp³-hybridized carbons (Fsp3) is 0. The molecule has 0 amide bonds. The van der Waals surface area contributed by atoms with Gasteiger partial charge in [0.15, 0.2) is 5.65 Å². The molecule has 86 valence electrons. The Morgan fingerprint density at radius 3 is 2.67 bits per heavy atom. The predicted octanol–water partition coefficient (Wildman–Crippen LogP) is 2.78. The van der Waals surface area contributed by atoms with Gasteiger partial charge in [0.05, 0.1) is 6.20 Å². The molecule has 3 nitrogen and oxygen atoms in total. The summed E-state index contributed by atoms with van der Waals surface area (Å²) in [6, 6.07) is 11.1. The molecule has 2 aromatic heterocycles. The number of fused-ring (bicyclic) bond motifs is 1. The third kappa shape index (κ3) is 2.20. The number of rotatable bonds is 0. The molecule has 0 spiro atoms. The summed E-state index contributed by atoms with van der Waals surface area (Å²) in [7, 11) is 0. The van der Waals surface area contributed by atoms with Crippen LogP contribution in [0.3, 0.4) is 0 Å². The van der Waals surface area contributed by atoms with E-state index >= 15 is 0 Å². The predicted molar refractivity (Wildman–Crippen MR) is 70.4 cm³/mol. The topological polar surface area (TPSA) is 30.2 Å². The van der Waals surface area contributed by atoms with Gasteiger partial charge in [0.2, 0.25) is 0 Å². The molecule has 4 heteroatoms. The quantitative estimate of drug-likeness (QED) is 0.577. The van der Waals surface area contributed by atoms with Crippen molar-refractivity contribution in [2.24, 2.45) is 0 Å². The van der Waals surface area contributed by atoms with Gasteiger partial charge in [-0.1, -0.05) is 17.5 Å². The summed E-state index contributed by atoms with van der Waals surface area (Å²) >= 11 is 5.81. The lowest BCUT2D eigenvalue weighted by molar-refractivity contribution is 0.936. The van der Waals surface area contributed by atoms with Gasteiger partial charge in [0.1, 0.15) is 5.69 Å². The molecule has 2 heterocycles. The molecule has 0 fully saturated rings. The minimum atomic E-state index is 0.708. The van der Waals surface area contributed by atoms with Gasteiger partial charge in [0.25, 0.3) is 0 Å². The largest absolute Gasteiger partial charge is 0.223 e. The Morgan fingerprint density at radius 2 is 1.83 bits per heavy atom. The van der Waals surface area contributed by atoms with Gasteiger partial charge in [-0.25, -0.2) is 9.50 Å². The molecule has 0 radical (unpaired) electrons. The summed E-state index contributed by atoms with van der Waals surface area (Å²) in [4.78, 5) is 4.37. The molecule has 3 rings (SSSR count). The maximum absolute atomic E-state index is 5.81. The molecule has 3 aromatic rings. The lowest BCUT2D eigenvalue weighted by Crippen LogP contribution is -1.91. The monoisotopic (exact) mass is 253 g/mol. The molecule has 1 aromatic carbocycles. The van der Waals surface area contributed by atoms with Crippen LogP contribution in [0.5, 0.6) is 0 Å². The lowest BCUT2D eigenvalue weighted by Gasteiger charge is -1.93. The van der Waals surface area contributed by atoms with Crippen LogP contribution < -0.4 is 0 Å². The van der Waals surface area contributed by atoms with Crippen LogP contribution in [0.25, 0.3) is 5.65 Å². The van der Waals surface area contributed by atoms with Gasteiger partial charge in [-0.2, -0.15) is 5.10 Å². The van der Waals surface area contributed by atoms with E-state index < -0.39 is 0 Å². The molecule has 0 aliphatic carbocycles. The number of aromatic nitrogens is 3. The Labute approximate surface area is 109 Å². The summed E-state index contributed by atoms with van der Waals surface area (Å²) < 4.78 is 1.70. The van der Waals surface area contributed by atoms with Crippen molar-refractivity contribution in [1.29, 1.82) is 0 Å². The van der Waals surface area contributed by atoms with E-state index in [2.05, 4.69) is 21.9 Å². The zero-order valence-electron chi connectivity index (χ0n) is 9.34. The van der Waals surface area contributed by atoms with Crippen LogP contribution in [0.15, 0.2) is 48.8 Å². The van der Waals surface area contributed by atoms with E-state index in [1.807, 2.05) is 42.6 Å². The lowest BCUT2D eigenvalue weighted by atomic mass is 10.2. The molecular formula is C14H8ClN3. The third-order valence-electron chi connectivity index (χ3n) is 2.44. The van der Waals surface area contributed by atoms with Crippen LogP contribution >= 0.6 is 11.6 Å². The van der Waals surface area contributed by atoms with Crippen LogP contribution in [0.1, 0.15) is 11.3 Å². The Balaban J connectivity index is 1.94. The van der Waals surface area contributed by atoms with Crippen molar-refractivity contribution in [2.45, 2.75) is 0 Å². The molecule has 0 N–H and O–H groups in total. The second-order valence-corrected chi connectivity index (χ2v) is 4.14. The molecule has 0 unspecified atom stereocenters. The van der Waals surface area contributed by atoms with Crippen LogP contribution in [0, 0.1) is 11.8 Å². The molecular weight excluding hydrogens is 246 g/mol. The molecule has 18 heavy (non-hydrogen) atoms. The van der Waals surface area contributed by atoms with Gasteiger partial charge in [0, 0.05) is 22.8 Å². The zero-order chi connectivity index (χ0) is 12.4. The van der Waals surface area contributed by atoms with E-state index in [1.165, 1.54) is 0 Å². The van der Waals surface area contributed by atoms with Crippen LogP contribution in [0.4, 0.5) is 0 Å². The number of hydrogen-bond acceptors (Lipinski definition) is 2. The summed E-state index contributed by atoms with van der Waals surface area (Å²) in [6.07, 6.45) is 3.55. The van der Waals surface area contributed by atoms with Crippen molar-refractivity contribution in [3.8, 4) is 11.8 Å². The molecule has 0 aliphatic heterocycles. The summed E-state index contributed by atoms with van der Waals surface area (Å²) in [5.41, 5.74) is 2.42. The first-order valence-electron chi connectivity index (χ1n) is 5.39. The average molecular weight is 254 g/mol. The first kappa shape index (κ1) is 10.8. The van der Waals surface area contributed by atoms with Crippen LogP contribution in [-0.4, -0.2) is 14.6 Å². The highest BCUT2D eigenvalue weighted by Crippen LogP contribution is 2.08. The Hall–Kier alpha value is -2.31. The normalized spacial score (nSPS) is 10.1. The van der Waals surface area contributed by atoms with Crippen molar-refractivity contribution < 1.29 is 0 Å². The van der Waals surface area contributed by atoms with E-state index in [4.69, 9.17) is 11.6 Å². The molecule has 0 saturated carbocycles. The first-order chi connectivity index (χ1) is 8.81. The average Bonchev–Trinajstić information content (AvgIpc) is 2.85. The van der Waals surface area contributed by atoms with Crippen LogP contribution in [-0.2, 0) is 0 Å².